The minimum absolute atomic E-state index is 0.0234. The van der Waals surface area contributed by atoms with E-state index in [1.54, 1.807) is 30.0 Å². The van der Waals surface area contributed by atoms with Gasteiger partial charge in [0.2, 0.25) is 5.91 Å². The topological polar surface area (TPSA) is 64.7 Å². The van der Waals surface area contributed by atoms with Crippen molar-refractivity contribution in [1.82, 2.24) is 4.90 Å². The number of nitrogens with zero attached hydrogens (tertiary/aromatic N) is 2. The van der Waals surface area contributed by atoms with Gasteiger partial charge in [-0.25, -0.2) is 4.39 Å². The first kappa shape index (κ1) is 25.1. The van der Waals surface area contributed by atoms with Crippen LogP contribution in [0.25, 0.3) is 0 Å². The van der Waals surface area contributed by atoms with E-state index < -0.39 is 0 Å². The van der Waals surface area contributed by atoms with E-state index in [1.807, 2.05) is 17.0 Å². The Hall–Kier alpha value is -3.52. The molecule has 8 heteroatoms. The Morgan fingerprint density at radius 3 is 2.62 bits per heavy atom. The molecule has 2 aliphatic heterocycles. The molecule has 2 heterocycles. The highest BCUT2D eigenvalue weighted by atomic mass is 32.2. The summed E-state index contributed by atoms with van der Waals surface area (Å²) in [5, 5.41) is 6.26. The molecule has 0 aromatic heterocycles. The maximum atomic E-state index is 13.3. The van der Waals surface area contributed by atoms with Crippen LogP contribution in [0.2, 0.25) is 0 Å². The smallest absolute Gasteiger partial charge is 0.254 e. The highest BCUT2D eigenvalue weighted by Gasteiger charge is 2.30. The maximum absolute atomic E-state index is 13.3. The zero-order valence-corrected chi connectivity index (χ0v) is 21.9. The first-order valence-electron chi connectivity index (χ1n) is 12.5. The van der Waals surface area contributed by atoms with Crippen molar-refractivity contribution in [1.29, 1.82) is 0 Å². The molecule has 2 atom stereocenters. The molecule has 0 radical (unpaired) electrons. The fourth-order valence-electron chi connectivity index (χ4n) is 4.89. The predicted molar refractivity (Wildman–Crippen MR) is 149 cm³/mol. The van der Waals surface area contributed by atoms with Gasteiger partial charge in [-0.3, -0.25) is 9.59 Å². The third-order valence-corrected chi connectivity index (χ3v) is 7.99. The van der Waals surface area contributed by atoms with Crippen LogP contribution < -0.4 is 15.5 Å². The summed E-state index contributed by atoms with van der Waals surface area (Å²) >= 11 is 1.61. The van der Waals surface area contributed by atoms with E-state index in [1.165, 1.54) is 23.4 Å². The van der Waals surface area contributed by atoms with E-state index in [0.29, 0.717) is 35.8 Å². The third kappa shape index (κ3) is 5.74. The number of nitrogens with one attached hydrogen (secondary N) is 2. The van der Waals surface area contributed by atoms with Gasteiger partial charge < -0.3 is 20.4 Å². The Morgan fingerprint density at radius 2 is 1.86 bits per heavy atom. The minimum Gasteiger partial charge on any atom is -0.371 e. The zero-order valence-electron chi connectivity index (χ0n) is 21.0. The van der Waals surface area contributed by atoms with Gasteiger partial charge in [-0.15, -0.1) is 0 Å². The van der Waals surface area contributed by atoms with Crippen LogP contribution in [0.3, 0.4) is 0 Å². The second-order valence-electron chi connectivity index (χ2n) is 9.72. The molecule has 0 bridgehead atoms. The van der Waals surface area contributed by atoms with Gasteiger partial charge in [0.1, 0.15) is 11.9 Å². The SMILES string of the molecule is Cc1cccc(N2CCN(C(=O)c3ccc4c(c3)NC(=O)[C@H](CSCc3ccc(F)cc3)N4)C[C@@H]2C)c1. The molecule has 3 aromatic rings. The van der Waals surface area contributed by atoms with Crippen molar-refractivity contribution in [2.75, 3.05) is 40.9 Å². The summed E-state index contributed by atoms with van der Waals surface area (Å²) in [7, 11) is 0. The number of anilines is 3. The number of hydrogen-bond acceptors (Lipinski definition) is 5. The number of benzene rings is 3. The van der Waals surface area contributed by atoms with Crippen molar-refractivity contribution >= 4 is 40.6 Å². The minimum atomic E-state index is -0.380. The van der Waals surface area contributed by atoms with Crippen LogP contribution in [0.5, 0.6) is 0 Å². The van der Waals surface area contributed by atoms with Crippen molar-refractivity contribution in [2.24, 2.45) is 0 Å². The summed E-state index contributed by atoms with van der Waals surface area (Å²) < 4.78 is 13.1. The van der Waals surface area contributed by atoms with Crippen LogP contribution in [0.1, 0.15) is 28.4 Å². The molecule has 0 unspecified atom stereocenters. The number of carbonyl (C=O) groups is 2. The van der Waals surface area contributed by atoms with Gasteiger partial charge in [-0.1, -0.05) is 24.3 Å². The molecule has 6 nitrogen and oxygen atoms in total. The van der Waals surface area contributed by atoms with E-state index in [0.717, 1.165) is 17.8 Å². The van der Waals surface area contributed by atoms with Gasteiger partial charge in [-0.2, -0.15) is 11.8 Å². The molecule has 2 amide bonds. The third-order valence-electron chi connectivity index (χ3n) is 6.89. The number of piperazine rings is 1. The molecule has 0 aliphatic carbocycles. The summed E-state index contributed by atoms with van der Waals surface area (Å²) in [5.74, 6) is 0.873. The monoisotopic (exact) mass is 518 g/mol. The highest BCUT2D eigenvalue weighted by molar-refractivity contribution is 7.98. The van der Waals surface area contributed by atoms with E-state index in [-0.39, 0.29) is 29.7 Å². The van der Waals surface area contributed by atoms with Gasteiger partial charge >= 0.3 is 0 Å². The Kier molecular flexibility index (Phi) is 7.37. The predicted octanol–water partition coefficient (Wildman–Crippen LogP) is 5.15. The summed E-state index contributed by atoms with van der Waals surface area (Å²) in [6, 6.07) is 20.1. The summed E-state index contributed by atoms with van der Waals surface area (Å²) in [4.78, 5) is 30.3. The Labute approximate surface area is 221 Å². The number of rotatable bonds is 6. The van der Waals surface area contributed by atoms with Crippen LogP contribution in [0.15, 0.2) is 66.7 Å². The molecule has 0 saturated carbocycles. The normalized spacial score (nSPS) is 19.2. The first-order chi connectivity index (χ1) is 17.9. The molecule has 2 N–H and O–H groups in total. The summed E-state index contributed by atoms with van der Waals surface area (Å²) in [6.07, 6.45) is 0. The van der Waals surface area contributed by atoms with Crippen molar-refractivity contribution in [3.05, 3.63) is 89.2 Å². The molecular weight excluding hydrogens is 487 g/mol. The largest absolute Gasteiger partial charge is 0.371 e. The fourth-order valence-corrected chi connectivity index (χ4v) is 5.90. The van der Waals surface area contributed by atoms with E-state index in [2.05, 4.69) is 53.6 Å². The summed E-state index contributed by atoms with van der Waals surface area (Å²) in [5.41, 5.74) is 5.43. The number of fused-ring (bicyclic) bond motifs is 1. The van der Waals surface area contributed by atoms with E-state index >= 15 is 0 Å². The molecule has 0 spiro atoms. The Bertz CT molecular complexity index is 1300. The number of aryl methyl sites for hydroxylation is 1. The van der Waals surface area contributed by atoms with Crippen LogP contribution in [-0.4, -0.2) is 54.2 Å². The first-order valence-corrected chi connectivity index (χ1v) is 13.7. The number of amides is 2. The van der Waals surface area contributed by atoms with E-state index in [9.17, 15) is 14.0 Å². The van der Waals surface area contributed by atoms with Crippen LogP contribution in [-0.2, 0) is 10.5 Å². The standard InChI is InChI=1S/C29H31FN4O2S/c1-19-4-3-5-24(14-19)34-13-12-33(16-20(34)2)29(36)22-8-11-25-26(15-22)32-28(35)27(31-25)18-37-17-21-6-9-23(30)10-7-21/h3-11,14-15,20,27,31H,12-13,16-18H2,1-2H3,(H,32,35)/t20-,27-/m0/s1. The van der Waals surface area contributed by atoms with Crippen molar-refractivity contribution < 1.29 is 14.0 Å². The van der Waals surface area contributed by atoms with Crippen molar-refractivity contribution in [3.63, 3.8) is 0 Å². The second kappa shape index (κ2) is 10.8. The van der Waals surface area contributed by atoms with Gasteiger partial charge in [0.25, 0.3) is 5.91 Å². The Balaban J connectivity index is 1.19. The van der Waals surface area contributed by atoms with Crippen LogP contribution in [0.4, 0.5) is 21.5 Å². The molecule has 192 valence electrons. The van der Waals surface area contributed by atoms with Gasteiger partial charge in [0.05, 0.1) is 11.4 Å². The molecule has 3 aromatic carbocycles. The van der Waals surface area contributed by atoms with E-state index in [4.69, 9.17) is 0 Å². The zero-order chi connectivity index (χ0) is 25.9. The average molecular weight is 519 g/mol. The number of carbonyl (C=O) groups excluding carboxylic acids is 2. The average Bonchev–Trinajstić information content (AvgIpc) is 2.89. The fraction of sp³-hybridized carbons (Fsp3) is 0.310. The highest BCUT2D eigenvalue weighted by Crippen LogP contribution is 2.30. The summed E-state index contributed by atoms with van der Waals surface area (Å²) in [6.45, 7) is 6.30. The molecule has 1 saturated heterocycles. The van der Waals surface area contributed by atoms with Crippen LogP contribution in [0, 0.1) is 12.7 Å². The molecule has 5 rings (SSSR count). The van der Waals surface area contributed by atoms with Crippen LogP contribution >= 0.6 is 11.8 Å². The number of thioether (sulfide) groups is 1. The molecular formula is C29H31FN4O2S. The lowest BCUT2D eigenvalue weighted by Gasteiger charge is -2.41. The lowest BCUT2D eigenvalue weighted by atomic mass is 10.1. The molecule has 1 fully saturated rings. The Morgan fingerprint density at radius 1 is 1.05 bits per heavy atom. The van der Waals surface area contributed by atoms with Gasteiger partial charge in [0.15, 0.2) is 0 Å². The van der Waals surface area contributed by atoms with Crippen molar-refractivity contribution in [3.8, 4) is 0 Å². The lowest BCUT2D eigenvalue weighted by Crippen LogP contribution is -2.53. The number of hydrogen-bond donors (Lipinski definition) is 2. The maximum Gasteiger partial charge on any atom is 0.254 e. The van der Waals surface area contributed by atoms with Gasteiger partial charge in [0, 0.05) is 48.4 Å². The van der Waals surface area contributed by atoms with Crippen molar-refractivity contribution in [2.45, 2.75) is 31.7 Å². The number of halogens is 1. The second-order valence-corrected chi connectivity index (χ2v) is 10.8. The quantitative estimate of drug-likeness (QED) is 0.473. The molecule has 37 heavy (non-hydrogen) atoms. The van der Waals surface area contributed by atoms with Gasteiger partial charge in [-0.05, 0) is 67.4 Å². The lowest BCUT2D eigenvalue weighted by molar-refractivity contribution is -0.116. The molecule has 2 aliphatic rings.